The van der Waals surface area contributed by atoms with E-state index < -0.39 is 5.97 Å². The van der Waals surface area contributed by atoms with Crippen molar-refractivity contribution in [1.29, 1.82) is 0 Å². The van der Waals surface area contributed by atoms with Crippen molar-refractivity contribution >= 4 is 34.1 Å². The maximum absolute atomic E-state index is 12.6. The Morgan fingerprint density at radius 1 is 1.11 bits per heavy atom. The lowest BCUT2D eigenvalue weighted by Gasteiger charge is -2.11. The van der Waals surface area contributed by atoms with Crippen LogP contribution in [0.15, 0.2) is 24.3 Å². The summed E-state index contributed by atoms with van der Waals surface area (Å²) in [5.74, 6) is -0.783. The van der Waals surface area contributed by atoms with Crippen LogP contribution in [0.25, 0.3) is 0 Å². The highest BCUT2D eigenvalue weighted by molar-refractivity contribution is 7.17. The zero-order valence-corrected chi connectivity index (χ0v) is 16.2. The van der Waals surface area contributed by atoms with Gasteiger partial charge < -0.3 is 15.4 Å². The molecule has 1 aromatic carbocycles. The highest BCUT2D eigenvalue weighted by Gasteiger charge is 2.27. The summed E-state index contributed by atoms with van der Waals surface area (Å²) in [6, 6.07) is 7.01. The van der Waals surface area contributed by atoms with Gasteiger partial charge >= 0.3 is 5.97 Å². The Morgan fingerprint density at radius 3 is 2.48 bits per heavy atom. The highest BCUT2D eigenvalue weighted by Crippen LogP contribution is 2.38. The second-order valence-corrected chi connectivity index (χ2v) is 7.57. The number of methoxy groups -OCH3 is 1. The number of carbonyl (C=O) groups excluding carboxylic acids is 3. The topological polar surface area (TPSA) is 84.5 Å². The maximum Gasteiger partial charge on any atom is 0.341 e. The molecule has 0 saturated carbocycles. The van der Waals surface area contributed by atoms with Crippen molar-refractivity contribution in [3.63, 3.8) is 0 Å². The van der Waals surface area contributed by atoms with Gasteiger partial charge in [0.25, 0.3) is 5.91 Å². The summed E-state index contributed by atoms with van der Waals surface area (Å²) in [6.07, 6.45) is 3.90. The van der Waals surface area contributed by atoms with Crippen molar-refractivity contribution in [2.24, 2.45) is 0 Å². The van der Waals surface area contributed by atoms with E-state index in [1.165, 1.54) is 25.4 Å². The molecule has 1 aromatic heterocycles. The molecule has 1 aliphatic carbocycles. The van der Waals surface area contributed by atoms with Crippen LogP contribution in [0.3, 0.4) is 0 Å². The number of anilines is 1. The number of nitrogens with one attached hydrogen (secondary N) is 2. The van der Waals surface area contributed by atoms with Gasteiger partial charge in [-0.05, 0) is 48.9 Å². The van der Waals surface area contributed by atoms with Crippen LogP contribution in [0.1, 0.15) is 56.5 Å². The van der Waals surface area contributed by atoms with Crippen LogP contribution in [0, 0.1) is 0 Å². The molecular weight excluding hydrogens is 364 g/mol. The van der Waals surface area contributed by atoms with E-state index >= 15 is 0 Å². The van der Waals surface area contributed by atoms with Gasteiger partial charge in [0.1, 0.15) is 5.00 Å². The normalized spacial score (nSPS) is 12.8. The smallest absolute Gasteiger partial charge is 0.341 e. The number of ether oxygens (including phenoxy) is 1. The summed E-state index contributed by atoms with van der Waals surface area (Å²) in [7, 11) is 1.36. The molecule has 2 N–H and O–H groups in total. The average Bonchev–Trinajstić information content (AvgIpc) is 3.03. The standard InChI is InChI=1S/C20H22N2O4S/c1-12(23)21-11-13-7-9-14(10-8-13)18(24)22-19-17(20(25)26-2)15-5-3-4-6-16(15)27-19/h7-10H,3-6,11H2,1-2H3,(H,21,23)(H,22,24). The summed E-state index contributed by atoms with van der Waals surface area (Å²) in [6.45, 7) is 1.88. The molecule has 0 aliphatic heterocycles. The Labute approximate surface area is 161 Å². The molecule has 0 radical (unpaired) electrons. The van der Waals surface area contributed by atoms with Gasteiger partial charge in [0.05, 0.1) is 12.7 Å². The van der Waals surface area contributed by atoms with Gasteiger partial charge in [-0.25, -0.2) is 4.79 Å². The SMILES string of the molecule is COC(=O)c1c(NC(=O)c2ccc(CNC(C)=O)cc2)sc2c1CCCC2. The van der Waals surface area contributed by atoms with Crippen LogP contribution in [-0.4, -0.2) is 24.9 Å². The highest BCUT2D eigenvalue weighted by atomic mass is 32.1. The number of benzene rings is 1. The van der Waals surface area contributed by atoms with Crippen LogP contribution in [0.4, 0.5) is 5.00 Å². The fourth-order valence-electron chi connectivity index (χ4n) is 3.15. The van der Waals surface area contributed by atoms with Crippen LogP contribution < -0.4 is 10.6 Å². The Hall–Kier alpha value is -2.67. The summed E-state index contributed by atoms with van der Waals surface area (Å²) in [4.78, 5) is 37.0. The molecule has 6 nitrogen and oxygen atoms in total. The molecular formula is C20H22N2O4S. The maximum atomic E-state index is 12.6. The third-order valence-corrected chi connectivity index (χ3v) is 5.75. The van der Waals surface area contributed by atoms with Gasteiger partial charge in [-0.3, -0.25) is 9.59 Å². The van der Waals surface area contributed by atoms with Crippen LogP contribution in [0.2, 0.25) is 0 Å². The molecule has 142 valence electrons. The fourth-order valence-corrected chi connectivity index (χ4v) is 4.42. The summed E-state index contributed by atoms with van der Waals surface area (Å²) < 4.78 is 4.93. The summed E-state index contributed by atoms with van der Waals surface area (Å²) in [5, 5.41) is 6.15. The zero-order valence-electron chi connectivity index (χ0n) is 15.4. The number of esters is 1. The minimum Gasteiger partial charge on any atom is -0.465 e. The van der Waals surface area contributed by atoms with E-state index in [1.54, 1.807) is 24.3 Å². The third kappa shape index (κ3) is 4.36. The minimum absolute atomic E-state index is 0.103. The molecule has 0 spiro atoms. The minimum atomic E-state index is -0.407. The molecule has 1 heterocycles. The van der Waals surface area contributed by atoms with Crippen LogP contribution >= 0.6 is 11.3 Å². The van der Waals surface area contributed by atoms with Gasteiger partial charge in [-0.2, -0.15) is 0 Å². The summed E-state index contributed by atoms with van der Waals surface area (Å²) in [5.41, 5.74) is 2.90. The lowest BCUT2D eigenvalue weighted by atomic mass is 9.95. The predicted octanol–water partition coefficient (Wildman–Crippen LogP) is 3.30. The van der Waals surface area contributed by atoms with Crippen LogP contribution in [-0.2, 0) is 28.9 Å². The first kappa shape index (κ1) is 19.1. The fraction of sp³-hybridized carbons (Fsp3) is 0.350. The van der Waals surface area contributed by atoms with Crippen molar-refractivity contribution in [2.75, 3.05) is 12.4 Å². The van der Waals surface area contributed by atoms with Crippen molar-refractivity contribution in [2.45, 2.75) is 39.2 Å². The van der Waals surface area contributed by atoms with E-state index in [2.05, 4.69) is 10.6 Å². The van der Waals surface area contributed by atoms with Crippen molar-refractivity contribution < 1.29 is 19.1 Å². The lowest BCUT2D eigenvalue weighted by Crippen LogP contribution is -2.19. The van der Waals surface area contributed by atoms with Crippen molar-refractivity contribution in [3.8, 4) is 0 Å². The zero-order chi connectivity index (χ0) is 19.4. The largest absolute Gasteiger partial charge is 0.465 e. The number of fused-ring (bicyclic) bond motifs is 1. The molecule has 0 bridgehead atoms. The molecule has 2 aromatic rings. The Kier molecular flexibility index (Phi) is 5.91. The number of hydrogen-bond donors (Lipinski definition) is 2. The van der Waals surface area contributed by atoms with Gasteiger partial charge in [0.2, 0.25) is 5.91 Å². The number of hydrogen-bond acceptors (Lipinski definition) is 5. The molecule has 0 unspecified atom stereocenters. The molecule has 27 heavy (non-hydrogen) atoms. The molecule has 3 rings (SSSR count). The van der Waals surface area contributed by atoms with E-state index in [0.29, 0.717) is 22.7 Å². The third-order valence-electron chi connectivity index (χ3n) is 4.55. The number of aryl methyl sites for hydroxylation is 1. The summed E-state index contributed by atoms with van der Waals surface area (Å²) >= 11 is 1.46. The monoisotopic (exact) mass is 386 g/mol. The van der Waals surface area contributed by atoms with Gasteiger partial charge in [-0.1, -0.05) is 12.1 Å². The molecule has 0 saturated heterocycles. The molecule has 2 amide bonds. The number of carbonyl (C=O) groups is 3. The molecule has 0 atom stereocenters. The number of rotatable bonds is 5. The Morgan fingerprint density at radius 2 is 1.81 bits per heavy atom. The predicted molar refractivity (Wildman–Crippen MR) is 104 cm³/mol. The molecule has 1 aliphatic rings. The molecule has 0 fully saturated rings. The van der Waals surface area contributed by atoms with E-state index in [0.717, 1.165) is 41.7 Å². The lowest BCUT2D eigenvalue weighted by molar-refractivity contribution is -0.119. The van der Waals surface area contributed by atoms with Crippen molar-refractivity contribution in [1.82, 2.24) is 5.32 Å². The first-order valence-corrected chi connectivity index (χ1v) is 9.69. The van der Waals surface area contributed by atoms with E-state index in [-0.39, 0.29) is 11.8 Å². The quantitative estimate of drug-likeness (QED) is 0.772. The number of thiophene rings is 1. The van der Waals surface area contributed by atoms with Gasteiger partial charge in [0.15, 0.2) is 0 Å². The average molecular weight is 386 g/mol. The van der Waals surface area contributed by atoms with Gasteiger partial charge in [-0.15, -0.1) is 11.3 Å². The second-order valence-electron chi connectivity index (χ2n) is 6.47. The van der Waals surface area contributed by atoms with E-state index in [4.69, 9.17) is 4.74 Å². The first-order valence-electron chi connectivity index (χ1n) is 8.87. The van der Waals surface area contributed by atoms with Crippen LogP contribution in [0.5, 0.6) is 0 Å². The second kappa shape index (κ2) is 8.35. The number of amides is 2. The van der Waals surface area contributed by atoms with E-state index in [9.17, 15) is 14.4 Å². The van der Waals surface area contributed by atoms with Gasteiger partial charge in [0, 0.05) is 23.9 Å². The molecule has 7 heteroatoms. The Bertz CT molecular complexity index is 871. The Balaban J connectivity index is 1.78. The van der Waals surface area contributed by atoms with E-state index in [1.807, 2.05) is 0 Å². The first-order chi connectivity index (χ1) is 13.0. The van der Waals surface area contributed by atoms with Crippen molar-refractivity contribution in [3.05, 3.63) is 51.4 Å².